The van der Waals surface area contributed by atoms with E-state index >= 15 is 0 Å². The lowest BCUT2D eigenvalue weighted by Crippen LogP contribution is -2.48. The number of carbonyl (C=O) groups excluding carboxylic acids is 1. The summed E-state index contributed by atoms with van der Waals surface area (Å²) in [6.45, 7) is 8.38. The number of hydrogen-bond donors (Lipinski definition) is 1. The maximum atomic E-state index is 13.7. The zero-order valence-corrected chi connectivity index (χ0v) is 14.6. The van der Waals surface area contributed by atoms with Gasteiger partial charge in [0.2, 0.25) is 5.91 Å². The van der Waals surface area contributed by atoms with Crippen molar-refractivity contribution in [2.45, 2.75) is 52.0 Å². The predicted molar refractivity (Wildman–Crippen MR) is 91.8 cm³/mol. The van der Waals surface area contributed by atoms with Crippen molar-refractivity contribution in [2.24, 2.45) is 5.92 Å². The molecule has 1 fully saturated rings. The van der Waals surface area contributed by atoms with Gasteiger partial charge in [-0.15, -0.1) is 0 Å². The number of nitrogens with one attached hydrogen (secondary N) is 1. The van der Waals surface area contributed by atoms with Crippen molar-refractivity contribution in [3.63, 3.8) is 0 Å². The van der Waals surface area contributed by atoms with E-state index in [0.717, 1.165) is 37.9 Å². The maximum Gasteiger partial charge on any atom is 0.234 e. The first-order valence-corrected chi connectivity index (χ1v) is 8.60. The molecule has 1 saturated heterocycles. The van der Waals surface area contributed by atoms with E-state index < -0.39 is 0 Å². The Morgan fingerprint density at radius 3 is 2.78 bits per heavy atom. The fourth-order valence-corrected chi connectivity index (χ4v) is 3.25. The highest BCUT2D eigenvalue weighted by Gasteiger charge is 2.23. The molecule has 1 aromatic rings. The lowest BCUT2D eigenvalue weighted by molar-refractivity contribution is -0.124. The van der Waals surface area contributed by atoms with Gasteiger partial charge in [-0.05, 0) is 70.5 Å². The highest BCUT2D eigenvalue weighted by Crippen LogP contribution is 2.22. The van der Waals surface area contributed by atoms with Crippen LogP contribution in [0.25, 0.3) is 0 Å². The van der Waals surface area contributed by atoms with Gasteiger partial charge in [0.15, 0.2) is 0 Å². The molecular weight excluding hydrogens is 291 g/mol. The first kappa shape index (κ1) is 17.9. The number of halogens is 1. The van der Waals surface area contributed by atoms with Crippen molar-refractivity contribution < 1.29 is 9.18 Å². The van der Waals surface area contributed by atoms with Gasteiger partial charge in [-0.2, -0.15) is 0 Å². The fraction of sp³-hybridized carbons (Fsp3) is 0.632. The summed E-state index contributed by atoms with van der Waals surface area (Å²) in [5, 5.41) is 3.02. The SMILES string of the molecule is CC(C)(C)NC(=O)CN1CCC[C@@H](CCc2ccccc2F)C1. The largest absolute Gasteiger partial charge is 0.350 e. The summed E-state index contributed by atoms with van der Waals surface area (Å²) in [6, 6.07) is 7.02. The molecule has 1 heterocycles. The van der Waals surface area contributed by atoms with Crippen LogP contribution < -0.4 is 5.32 Å². The number of benzene rings is 1. The van der Waals surface area contributed by atoms with E-state index in [-0.39, 0.29) is 17.3 Å². The van der Waals surface area contributed by atoms with Crippen LogP contribution >= 0.6 is 0 Å². The van der Waals surface area contributed by atoms with Crippen LogP contribution in [0.3, 0.4) is 0 Å². The summed E-state index contributed by atoms with van der Waals surface area (Å²) < 4.78 is 13.7. The first-order valence-electron chi connectivity index (χ1n) is 8.60. The number of hydrogen-bond acceptors (Lipinski definition) is 2. The van der Waals surface area contributed by atoms with Crippen LogP contribution in [0.2, 0.25) is 0 Å². The van der Waals surface area contributed by atoms with Crippen molar-refractivity contribution in [3.05, 3.63) is 35.6 Å². The van der Waals surface area contributed by atoms with E-state index in [0.29, 0.717) is 12.5 Å². The van der Waals surface area contributed by atoms with E-state index in [4.69, 9.17) is 0 Å². The quantitative estimate of drug-likeness (QED) is 0.902. The summed E-state index contributed by atoms with van der Waals surface area (Å²) >= 11 is 0. The lowest BCUT2D eigenvalue weighted by Gasteiger charge is -2.33. The van der Waals surface area contributed by atoms with E-state index in [1.54, 1.807) is 6.07 Å². The van der Waals surface area contributed by atoms with Crippen LogP contribution in [-0.2, 0) is 11.2 Å². The Labute approximate surface area is 139 Å². The average molecular weight is 320 g/mol. The van der Waals surface area contributed by atoms with Gasteiger partial charge in [0.25, 0.3) is 0 Å². The smallest absolute Gasteiger partial charge is 0.234 e. The van der Waals surface area contributed by atoms with Gasteiger partial charge in [-0.3, -0.25) is 9.69 Å². The Bertz CT molecular complexity index is 524. The van der Waals surface area contributed by atoms with Gasteiger partial charge < -0.3 is 5.32 Å². The molecule has 0 bridgehead atoms. The van der Waals surface area contributed by atoms with E-state index in [1.165, 1.54) is 12.5 Å². The van der Waals surface area contributed by atoms with Gasteiger partial charge in [-0.1, -0.05) is 18.2 Å². The number of piperidine rings is 1. The minimum atomic E-state index is -0.183. The molecule has 1 amide bonds. The van der Waals surface area contributed by atoms with Gasteiger partial charge in [-0.25, -0.2) is 4.39 Å². The Morgan fingerprint density at radius 2 is 2.09 bits per heavy atom. The second-order valence-corrected chi connectivity index (χ2v) is 7.67. The average Bonchev–Trinajstić information content (AvgIpc) is 2.45. The van der Waals surface area contributed by atoms with Gasteiger partial charge in [0, 0.05) is 12.1 Å². The number of amides is 1. The summed E-state index contributed by atoms with van der Waals surface area (Å²) in [6.07, 6.45) is 4.05. The Hall–Kier alpha value is -1.42. The first-order chi connectivity index (χ1) is 10.8. The van der Waals surface area contributed by atoms with Crippen LogP contribution in [0.4, 0.5) is 4.39 Å². The molecule has 0 aromatic heterocycles. The Morgan fingerprint density at radius 1 is 1.35 bits per heavy atom. The fourth-order valence-electron chi connectivity index (χ4n) is 3.25. The van der Waals surface area contributed by atoms with Crippen LogP contribution in [0, 0.1) is 11.7 Å². The molecule has 0 unspecified atom stereocenters. The molecule has 1 atom stereocenters. The number of carbonyl (C=O) groups is 1. The predicted octanol–water partition coefficient (Wildman–Crippen LogP) is 3.39. The summed E-state index contributed by atoms with van der Waals surface area (Å²) in [7, 11) is 0. The molecule has 1 aromatic carbocycles. The second-order valence-electron chi connectivity index (χ2n) is 7.67. The third-order valence-corrected chi connectivity index (χ3v) is 4.26. The summed E-state index contributed by atoms with van der Waals surface area (Å²) in [5.41, 5.74) is 0.618. The molecular formula is C19H29FN2O. The minimum Gasteiger partial charge on any atom is -0.350 e. The molecule has 1 aliphatic heterocycles. The molecule has 128 valence electrons. The summed E-state index contributed by atoms with van der Waals surface area (Å²) in [5.74, 6) is 0.530. The third kappa shape index (κ3) is 6.30. The Kier molecular flexibility index (Phi) is 6.17. The molecule has 23 heavy (non-hydrogen) atoms. The number of nitrogens with zero attached hydrogens (tertiary/aromatic N) is 1. The van der Waals surface area contributed by atoms with Crippen LogP contribution in [-0.4, -0.2) is 36.0 Å². The van der Waals surface area contributed by atoms with E-state index in [9.17, 15) is 9.18 Å². The van der Waals surface area contributed by atoms with Gasteiger partial charge in [0.1, 0.15) is 5.82 Å². The standard InChI is InChI=1S/C19H29FN2O/c1-19(2,3)21-18(23)14-22-12-6-7-15(13-22)10-11-16-8-4-5-9-17(16)20/h4-5,8-9,15H,6-7,10-14H2,1-3H3,(H,21,23)/t15-/m0/s1. The highest BCUT2D eigenvalue weighted by atomic mass is 19.1. The van der Waals surface area contributed by atoms with Crippen LogP contribution in [0.1, 0.15) is 45.6 Å². The zero-order chi connectivity index (χ0) is 16.9. The maximum absolute atomic E-state index is 13.7. The molecule has 4 heteroatoms. The van der Waals surface area contributed by atoms with Crippen LogP contribution in [0.5, 0.6) is 0 Å². The van der Waals surface area contributed by atoms with Crippen molar-refractivity contribution >= 4 is 5.91 Å². The molecule has 0 radical (unpaired) electrons. The Balaban J connectivity index is 1.79. The molecule has 0 aliphatic carbocycles. The third-order valence-electron chi connectivity index (χ3n) is 4.26. The number of rotatable bonds is 5. The van der Waals surface area contributed by atoms with E-state index in [1.807, 2.05) is 32.9 Å². The van der Waals surface area contributed by atoms with Crippen LogP contribution in [0.15, 0.2) is 24.3 Å². The second kappa shape index (κ2) is 7.91. The molecule has 1 aliphatic rings. The van der Waals surface area contributed by atoms with Crippen molar-refractivity contribution in [1.82, 2.24) is 10.2 Å². The van der Waals surface area contributed by atoms with Gasteiger partial charge in [0.05, 0.1) is 6.54 Å². The monoisotopic (exact) mass is 320 g/mol. The molecule has 0 spiro atoms. The summed E-state index contributed by atoms with van der Waals surface area (Å²) in [4.78, 5) is 14.3. The van der Waals surface area contributed by atoms with Crippen molar-refractivity contribution in [1.29, 1.82) is 0 Å². The number of aryl methyl sites for hydroxylation is 1. The van der Waals surface area contributed by atoms with Crippen molar-refractivity contribution in [3.8, 4) is 0 Å². The van der Waals surface area contributed by atoms with Crippen molar-refractivity contribution in [2.75, 3.05) is 19.6 Å². The molecule has 3 nitrogen and oxygen atoms in total. The lowest BCUT2D eigenvalue weighted by atomic mass is 9.91. The molecule has 2 rings (SSSR count). The zero-order valence-electron chi connectivity index (χ0n) is 14.6. The number of likely N-dealkylation sites (tertiary alicyclic amines) is 1. The van der Waals surface area contributed by atoms with Gasteiger partial charge >= 0.3 is 0 Å². The minimum absolute atomic E-state index is 0.0900. The highest BCUT2D eigenvalue weighted by molar-refractivity contribution is 5.78. The topological polar surface area (TPSA) is 32.3 Å². The molecule has 0 saturated carbocycles. The normalized spacial score (nSPS) is 19.6. The van der Waals surface area contributed by atoms with E-state index in [2.05, 4.69) is 10.2 Å². The molecule has 1 N–H and O–H groups in total.